The van der Waals surface area contributed by atoms with Gasteiger partial charge in [0.25, 0.3) is 5.91 Å². The van der Waals surface area contributed by atoms with Crippen LogP contribution in [0.15, 0.2) is 39.5 Å². The summed E-state index contributed by atoms with van der Waals surface area (Å²) in [5, 5.41) is 2.85. The van der Waals surface area contributed by atoms with E-state index in [0.29, 0.717) is 30.2 Å². The van der Waals surface area contributed by atoms with Gasteiger partial charge in [-0.05, 0) is 67.9 Å². The molecular formula is C23H29NO5. The topological polar surface area (TPSA) is 77.8 Å². The largest absolute Gasteiger partial charge is 0.497 e. The first kappa shape index (κ1) is 21.1. The second-order valence-electron chi connectivity index (χ2n) is 7.53. The lowest BCUT2D eigenvalue weighted by Gasteiger charge is -2.21. The lowest BCUT2D eigenvalue weighted by atomic mass is 9.98. The summed E-state index contributed by atoms with van der Waals surface area (Å²) < 4.78 is 16.0. The van der Waals surface area contributed by atoms with Crippen LogP contribution in [-0.2, 0) is 17.6 Å². The van der Waals surface area contributed by atoms with Gasteiger partial charge in [0.1, 0.15) is 17.1 Å². The fraction of sp³-hybridized carbons (Fsp3) is 0.478. The first-order chi connectivity index (χ1) is 14.1. The fourth-order valence-electron chi connectivity index (χ4n) is 3.64. The first-order valence-corrected chi connectivity index (χ1v) is 10.2. The first-order valence-electron chi connectivity index (χ1n) is 10.2. The van der Waals surface area contributed by atoms with E-state index >= 15 is 0 Å². The highest BCUT2D eigenvalue weighted by Gasteiger charge is 2.18. The van der Waals surface area contributed by atoms with Gasteiger partial charge in [0.2, 0.25) is 0 Å². The van der Waals surface area contributed by atoms with Gasteiger partial charge in [-0.3, -0.25) is 4.79 Å². The van der Waals surface area contributed by atoms with E-state index in [9.17, 15) is 9.59 Å². The minimum absolute atomic E-state index is 0.0955. The number of nitrogens with one attached hydrogen (secondary N) is 1. The highest BCUT2D eigenvalue weighted by Crippen LogP contribution is 2.17. The van der Waals surface area contributed by atoms with Gasteiger partial charge in [-0.15, -0.1) is 0 Å². The summed E-state index contributed by atoms with van der Waals surface area (Å²) >= 11 is 0. The van der Waals surface area contributed by atoms with Crippen molar-refractivity contribution < 1.29 is 18.7 Å². The third-order valence-electron chi connectivity index (χ3n) is 5.34. The Hall–Kier alpha value is -2.60. The molecule has 1 aliphatic heterocycles. The third-order valence-corrected chi connectivity index (χ3v) is 5.34. The second kappa shape index (κ2) is 10.3. The molecule has 0 saturated carbocycles. The van der Waals surface area contributed by atoms with Crippen molar-refractivity contribution in [3.05, 3.63) is 63.2 Å². The van der Waals surface area contributed by atoms with Crippen LogP contribution in [0.1, 0.15) is 46.5 Å². The second-order valence-corrected chi connectivity index (χ2v) is 7.53. The molecule has 1 atom stereocenters. The minimum Gasteiger partial charge on any atom is -0.497 e. The molecule has 0 radical (unpaired) electrons. The Labute approximate surface area is 171 Å². The number of rotatable bonds is 8. The Morgan fingerprint density at radius 3 is 2.69 bits per heavy atom. The maximum Gasteiger partial charge on any atom is 0.349 e. The lowest BCUT2D eigenvalue weighted by molar-refractivity contribution is 0.0514. The monoisotopic (exact) mass is 399 g/mol. The molecule has 2 aromatic rings. The SMILES string of the molecule is COc1ccc(CCc2cc(C)c(C(=O)NCCC3CCCOC3)c(=O)o2)cc1. The normalized spacial score (nSPS) is 16.4. The highest BCUT2D eigenvalue weighted by molar-refractivity contribution is 5.95. The van der Waals surface area contributed by atoms with Crippen molar-refractivity contribution in [1.29, 1.82) is 0 Å². The Morgan fingerprint density at radius 2 is 2.03 bits per heavy atom. The number of hydrogen-bond donors (Lipinski definition) is 1. The summed E-state index contributed by atoms with van der Waals surface area (Å²) in [4.78, 5) is 24.9. The molecule has 1 unspecified atom stereocenters. The molecule has 1 fully saturated rings. The van der Waals surface area contributed by atoms with Crippen LogP contribution in [0.5, 0.6) is 5.75 Å². The zero-order valence-corrected chi connectivity index (χ0v) is 17.2. The highest BCUT2D eigenvalue weighted by atomic mass is 16.5. The Balaban J connectivity index is 1.56. The maximum absolute atomic E-state index is 12.5. The van der Waals surface area contributed by atoms with Crippen LogP contribution in [0.3, 0.4) is 0 Å². The van der Waals surface area contributed by atoms with Crippen molar-refractivity contribution in [3.63, 3.8) is 0 Å². The fourth-order valence-corrected chi connectivity index (χ4v) is 3.64. The van der Waals surface area contributed by atoms with Crippen LogP contribution < -0.4 is 15.7 Å². The van der Waals surface area contributed by atoms with E-state index in [1.165, 1.54) is 0 Å². The number of hydrogen-bond acceptors (Lipinski definition) is 5. The van der Waals surface area contributed by atoms with Gasteiger partial charge in [0.05, 0.1) is 7.11 Å². The number of methoxy groups -OCH3 is 1. The van der Waals surface area contributed by atoms with E-state index in [4.69, 9.17) is 13.9 Å². The predicted molar refractivity (Wildman–Crippen MR) is 111 cm³/mol. The Bertz CT molecular complexity index is 866. The predicted octanol–water partition coefficient (Wildman–Crippen LogP) is 3.29. The van der Waals surface area contributed by atoms with Gasteiger partial charge in [-0.1, -0.05) is 12.1 Å². The molecule has 0 bridgehead atoms. The number of carbonyl (C=O) groups is 1. The van der Waals surface area contributed by atoms with Crippen LogP contribution in [0.25, 0.3) is 0 Å². The zero-order chi connectivity index (χ0) is 20.6. The average molecular weight is 399 g/mol. The molecule has 3 rings (SSSR count). The summed E-state index contributed by atoms with van der Waals surface area (Å²) in [6.45, 7) is 3.89. The molecule has 2 heterocycles. The van der Waals surface area contributed by atoms with Gasteiger partial charge in [-0.2, -0.15) is 0 Å². The molecule has 1 aliphatic rings. The molecule has 1 saturated heterocycles. The Morgan fingerprint density at radius 1 is 1.24 bits per heavy atom. The maximum atomic E-state index is 12.5. The van der Waals surface area contributed by atoms with Gasteiger partial charge in [0.15, 0.2) is 0 Å². The summed E-state index contributed by atoms with van der Waals surface area (Å²) in [5.41, 5.74) is 1.29. The summed E-state index contributed by atoms with van der Waals surface area (Å²) in [6, 6.07) is 9.58. The summed E-state index contributed by atoms with van der Waals surface area (Å²) in [7, 11) is 1.63. The molecule has 156 valence electrons. The van der Waals surface area contributed by atoms with Gasteiger partial charge in [0, 0.05) is 26.2 Å². The molecule has 29 heavy (non-hydrogen) atoms. The van der Waals surface area contributed by atoms with E-state index in [-0.39, 0.29) is 11.5 Å². The van der Waals surface area contributed by atoms with E-state index in [0.717, 1.165) is 50.2 Å². The summed E-state index contributed by atoms with van der Waals surface area (Å²) in [5.74, 6) is 1.50. The molecule has 1 aromatic heterocycles. The van der Waals surface area contributed by atoms with Crippen molar-refractivity contribution in [2.45, 2.75) is 39.0 Å². The number of aryl methyl sites for hydroxylation is 3. The van der Waals surface area contributed by atoms with E-state index in [1.807, 2.05) is 24.3 Å². The summed E-state index contributed by atoms with van der Waals surface area (Å²) in [6.07, 6.45) is 4.38. The van der Waals surface area contributed by atoms with Crippen LogP contribution >= 0.6 is 0 Å². The van der Waals surface area contributed by atoms with Crippen LogP contribution in [0.4, 0.5) is 0 Å². The third kappa shape index (κ3) is 5.94. The number of ether oxygens (including phenoxy) is 2. The van der Waals surface area contributed by atoms with Gasteiger partial charge in [-0.25, -0.2) is 4.79 Å². The van der Waals surface area contributed by atoms with Gasteiger partial charge < -0.3 is 19.2 Å². The standard InChI is InChI=1S/C23H29NO5/c1-16-14-20(10-7-17-5-8-19(27-2)9-6-17)29-23(26)21(16)22(25)24-12-11-18-4-3-13-28-15-18/h5-6,8-9,14,18H,3-4,7,10-13,15H2,1-2H3,(H,24,25). The van der Waals surface area contributed by atoms with Crippen LogP contribution in [0.2, 0.25) is 0 Å². The van der Waals surface area contributed by atoms with Crippen molar-refractivity contribution in [3.8, 4) is 5.75 Å². The van der Waals surface area contributed by atoms with E-state index in [2.05, 4.69) is 5.32 Å². The molecule has 0 aliphatic carbocycles. The quantitative estimate of drug-likeness (QED) is 0.737. The molecule has 1 N–H and O–H groups in total. The van der Waals surface area contributed by atoms with Crippen LogP contribution in [0, 0.1) is 12.8 Å². The number of carbonyl (C=O) groups excluding carboxylic acids is 1. The van der Waals surface area contributed by atoms with E-state index in [1.54, 1.807) is 20.1 Å². The molecular weight excluding hydrogens is 370 g/mol. The molecule has 1 amide bonds. The van der Waals surface area contributed by atoms with Gasteiger partial charge >= 0.3 is 5.63 Å². The lowest BCUT2D eigenvalue weighted by Crippen LogP contribution is -2.32. The minimum atomic E-state index is -0.576. The Kier molecular flexibility index (Phi) is 7.47. The molecule has 1 aromatic carbocycles. The number of amides is 1. The smallest absolute Gasteiger partial charge is 0.349 e. The molecule has 6 heteroatoms. The zero-order valence-electron chi connectivity index (χ0n) is 17.2. The average Bonchev–Trinajstić information content (AvgIpc) is 2.73. The van der Waals surface area contributed by atoms with Crippen molar-refractivity contribution in [2.24, 2.45) is 5.92 Å². The van der Waals surface area contributed by atoms with Crippen molar-refractivity contribution in [2.75, 3.05) is 26.9 Å². The van der Waals surface area contributed by atoms with E-state index < -0.39 is 5.63 Å². The van der Waals surface area contributed by atoms with Crippen LogP contribution in [-0.4, -0.2) is 32.8 Å². The van der Waals surface area contributed by atoms with Crippen molar-refractivity contribution in [1.82, 2.24) is 5.32 Å². The number of benzene rings is 1. The van der Waals surface area contributed by atoms with Crippen molar-refractivity contribution >= 4 is 5.91 Å². The molecule has 6 nitrogen and oxygen atoms in total. The molecule has 0 spiro atoms.